The summed E-state index contributed by atoms with van der Waals surface area (Å²) in [5.41, 5.74) is 6.13. The van der Waals surface area contributed by atoms with Crippen LogP contribution in [0.4, 0.5) is 11.4 Å². The molecule has 4 heterocycles. The highest BCUT2D eigenvalue weighted by Gasteiger charge is 2.52. The Morgan fingerprint density at radius 1 is 0.914 bits per heavy atom. The van der Waals surface area contributed by atoms with E-state index >= 15 is 0 Å². The lowest BCUT2D eigenvalue weighted by Gasteiger charge is -2.38. The summed E-state index contributed by atoms with van der Waals surface area (Å²) in [4.78, 5) is 27.9. The van der Waals surface area contributed by atoms with Crippen molar-refractivity contribution in [2.24, 2.45) is 0 Å². The van der Waals surface area contributed by atoms with E-state index in [1.165, 1.54) is 24.1 Å². The van der Waals surface area contributed by atoms with E-state index < -0.39 is 5.41 Å². The fourth-order valence-corrected chi connectivity index (χ4v) is 6.09. The molecule has 2 aromatic heterocycles. The molecule has 174 valence electrons. The number of likely N-dealkylation sites (tertiary alicyclic amines) is 1. The summed E-state index contributed by atoms with van der Waals surface area (Å²) in [5, 5.41) is 1.05. The molecule has 0 unspecified atom stereocenters. The van der Waals surface area contributed by atoms with Crippen LogP contribution in [0, 0.1) is 0 Å². The Labute approximate surface area is 205 Å². The summed E-state index contributed by atoms with van der Waals surface area (Å²) in [6.45, 7) is 2.66. The summed E-state index contributed by atoms with van der Waals surface area (Å²) in [6, 6.07) is 22.8. The van der Waals surface area contributed by atoms with Crippen molar-refractivity contribution in [1.82, 2.24) is 14.9 Å². The number of aromatic nitrogens is 2. The number of carbonyl (C=O) groups is 1. The van der Waals surface area contributed by atoms with Crippen LogP contribution in [0.25, 0.3) is 10.9 Å². The lowest BCUT2D eigenvalue weighted by atomic mass is 9.73. The highest BCUT2D eigenvalue weighted by atomic mass is 16.2. The Hall–Kier alpha value is -3.57. The molecule has 1 saturated carbocycles. The second kappa shape index (κ2) is 7.99. The van der Waals surface area contributed by atoms with Gasteiger partial charge in [-0.1, -0.05) is 42.5 Å². The maximum absolute atomic E-state index is 14.2. The number of piperidine rings is 1. The van der Waals surface area contributed by atoms with Gasteiger partial charge in [0, 0.05) is 18.1 Å². The Bertz CT molecular complexity index is 1440. The minimum absolute atomic E-state index is 0.187. The van der Waals surface area contributed by atoms with Crippen LogP contribution in [0.2, 0.25) is 0 Å². The van der Waals surface area contributed by atoms with E-state index in [4.69, 9.17) is 4.98 Å². The van der Waals surface area contributed by atoms with Crippen LogP contribution in [0.15, 0.2) is 79.1 Å². The number of nitrogens with zero attached hydrogens (tertiary/aromatic N) is 4. The molecule has 3 aliphatic rings. The van der Waals surface area contributed by atoms with Gasteiger partial charge >= 0.3 is 0 Å². The van der Waals surface area contributed by atoms with Gasteiger partial charge in [-0.25, -0.2) is 0 Å². The van der Waals surface area contributed by atoms with E-state index in [9.17, 15) is 4.79 Å². The molecule has 5 heteroatoms. The second-order valence-corrected chi connectivity index (χ2v) is 10.2. The number of hydrogen-bond acceptors (Lipinski definition) is 4. The van der Waals surface area contributed by atoms with E-state index in [1.807, 2.05) is 41.6 Å². The normalized spacial score (nSPS) is 19.4. The average molecular weight is 461 g/mol. The minimum Gasteiger partial charge on any atom is -0.297 e. The third-order valence-electron chi connectivity index (χ3n) is 8.13. The number of benzene rings is 2. The van der Waals surface area contributed by atoms with Gasteiger partial charge in [0.05, 0.1) is 34.2 Å². The lowest BCUT2D eigenvalue weighted by molar-refractivity contribution is -0.124. The number of carbonyl (C=O) groups excluding carboxylic acids is 1. The molecule has 35 heavy (non-hydrogen) atoms. The van der Waals surface area contributed by atoms with Crippen molar-refractivity contribution >= 4 is 28.2 Å². The van der Waals surface area contributed by atoms with Crippen molar-refractivity contribution in [2.45, 2.75) is 43.6 Å². The monoisotopic (exact) mass is 460 g/mol. The van der Waals surface area contributed by atoms with Crippen LogP contribution in [-0.4, -0.2) is 33.9 Å². The first-order chi connectivity index (χ1) is 17.2. The highest BCUT2D eigenvalue weighted by molar-refractivity contribution is 6.13. The molecule has 7 rings (SSSR count). The van der Waals surface area contributed by atoms with Gasteiger partial charge < -0.3 is 0 Å². The Morgan fingerprint density at radius 3 is 2.57 bits per heavy atom. The van der Waals surface area contributed by atoms with Gasteiger partial charge in [-0.3, -0.25) is 24.6 Å². The van der Waals surface area contributed by atoms with E-state index in [0.717, 1.165) is 60.3 Å². The fourth-order valence-electron chi connectivity index (χ4n) is 6.09. The summed E-state index contributed by atoms with van der Waals surface area (Å²) in [5.74, 6) is 0.883. The van der Waals surface area contributed by atoms with Gasteiger partial charge in [-0.15, -0.1) is 0 Å². The summed E-state index contributed by atoms with van der Waals surface area (Å²) in [7, 11) is 0. The molecule has 5 nitrogen and oxygen atoms in total. The van der Waals surface area contributed by atoms with Gasteiger partial charge in [0.2, 0.25) is 5.91 Å². The third-order valence-corrected chi connectivity index (χ3v) is 8.13. The maximum Gasteiger partial charge on any atom is 0.242 e. The van der Waals surface area contributed by atoms with Crippen LogP contribution in [0.1, 0.15) is 48.4 Å². The summed E-state index contributed by atoms with van der Waals surface area (Å²) in [6.07, 6.45) is 7.97. The molecule has 1 saturated heterocycles. The molecule has 2 aromatic carbocycles. The first-order valence-electron chi connectivity index (χ1n) is 12.7. The molecule has 0 atom stereocenters. The van der Waals surface area contributed by atoms with Gasteiger partial charge in [0.1, 0.15) is 0 Å². The zero-order chi connectivity index (χ0) is 23.4. The van der Waals surface area contributed by atoms with Crippen LogP contribution in [-0.2, 0) is 16.8 Å². The molecule has 1 amide bonds. The van der Waals surface area contributed by atoms with Gasteiger partial charge in [0.25, 0.3) is 0 Å². The van der Waals surface area contributed by atoms with E-state index in [1.54, 1.807) is 0 Å². The standard InChI is InChI=1S/C30H28N4O/c35-29-30(13-16-33(17-14-30)20-27-24(21-11-12-21)7-5-15-31-27)25-8-2-4-10-28(25)34(29)23-18-22-6-1-3-9-26(22)32-19-23/h1-10,15,18-19,21H,11-14,16-17,20H2. The quantitative estimate of drug-likeness (QED) is 0.391. The molecule has 0 bridgehead atoms. The topological polar surface area (TPSA) is 49.3 Å². The Morgan fingerprint density at radius 2 is 1.71 bits per heavy atom. The Balaban J connectivity index is 1.18. The Kier molecular flexibility index (Phi) is 4.74. The predicted molar refractivity (Wildman–Crippen MR) is 138 cm³/mol. The van der Waals surface area contributed by atoms with Crippen LogP contribution < -0.4 is 4.90 Å². The average Bonchev–Trinajstić information content (AvgIpc) is 3.72. The number of pyridine rings is 2. The van der Waals surface area contributed by atoms with Crippen molar-refractivity contribution in [2.75, 3.05) is 18.0 Å². The summed E-state index contributed by atoms with van der Waals surface area (Å²) < 4.78 is 0. The third kappa shape index (κ3) is 3.37. The number of hydrogen-bond donors (Lipinski definition) is 0. The number of amides is 1. The number of anilines is 2. The van der Waals surface area contributed by atoms with Crippen LogP contribution >= 0.6 is 0 Å². The molecule has 0 N–H and O–H groups in total. The van der Waals surface area contributed by atoms with Crippen molar-refractivity contribution in [3.8, 4) is 0 Å². The highest BCUT2D eigenvalue weighted by Crippen LogP contribution is 2.51. The first-order valence-corrected chi connectivity index (χ1v) is 12.7. The van der Waals surface area contributed by atoms with Gasteiger partial charge in [0.15, 0.2) is 0 Å². The smallest absolute Gasteiger partial charge is 0.242 e. The lowest BCUT2D eigenvalue weighted by Crippen LogP contribution is -2.47. The van der Waals surface area contributed by atoms with Gasteiger partial charge in [-0.05, 0) is 80.1 Å². The van der Waals surface area contributed by atoms with E-state index in [2.05, 4.69) is 52.3 Å². The zero-order valence-corrected chi connectivity index (χ0v) is 19.7. The molecule has 2 fully saturated rings. The molecule has 0 radical (unpaired) electrons. The van der Waals surface area contributed by atoms with E-state index in [-0.39, 0.29) is 5.91 Å². The number of fused-ring (bicyclic) bond motifs is 3. The van der Waals surface area contributed by atoms with E-state index in [0.29, 0.717) is 5.92 Å². The van der Waals surface area contributed by atoms with Crippen molar-refractivity contribution < 1.29 is 4.79 Å². The molecule has 2 aliphatic heterocycles. The van der Waals surface area contributed by atoms with Crippen LogP contribution in [0.5, 0.6) is 0 Å². The van der Waals surface area contributed by atoms with Gasteiger partial charge in [-0.2, -0.15) is 0 Å². The predicted octanol–water partition coefficient (Wildman–Crippen LogP) is 5.72. The van der Waals surface area contributed by atoms with Crippen molar-refractivity contribution in [3.05, 3.63) is 95.9 Å². The molecular formula is C30H28N4O. The minimum atomic E-state index is -0.470. The number of para-hydroxylation sites is 2. The fraction of sp³-hybridized carbons (Fsp3) is 0.300. The van der Waals surface area contributed by atoms with Crippen molar-refractivity contribution in [3.63, 3.8) is 0 Å². The summed E-state index contributed by atoms with van der Waals surface area (Å²) >= 11 is 0. The molecular weight excluding hydrogens is 432 g/mol. The SMILES string of the molecule is O=C1N(c2cnc3ccccc3c2)c2ccccc2C12CCN(Cc1ncccc1C1CC1)CC2. The first kappa shape index (κ1) is 20.8. The largest absolute Gasteiger partial charge is 0.297 e. The molecule has 1 spiro atoms. The molecule has 1 aliphatic carbocycles. The second-order valence-electron chi connectivity index (χ2n) is 10.2. The van der Waals surface area contributed by atoms with Crippen molar-refractivity contribution in [1.29, 1.82) is 0 Å². The maximum atomic E-state index is 14.2. The number of rotatable bonds is 4. The van der Waals surface area contributed by atoms with Crippen LogP contribution in [0.3, 0.4) is 0 Å². The molecule has 4 aromatic rings. The zero-order valence-electron chi connectivity index (χ0n) is 19.7.